The van der Waals surface area contributed by atoms with E-state index >= 15 is 0 Å². The SMILES string of the molecule is CN[C@H]1CCC(=O)NCCCC[C@@H](C(=O)N[C@@H](CO)C(N)=O)NC(=O)[C@H](CO)NC[C@H](C(C)O)NC1=O. The van der Waals surface area contributed by atoms with Gasteiger partial charge < -0.3 is 53.0 Å². The molecule has 15 nitrogen and oxygen atoms in total. The Morgan fingerprint density at radius 2 is 1.81 bits per heavy atom. The van der Waals surface area contributed by atoms with Crippen molar-refractivity contribution in [1.29, 1.82) is 0 Å². The van der Waals surface area contributed by atoms with Gasteiger partial charge in [0.2, 0.25) is 29.5 Å². The van der Waals surface area contributed by atoms with E-state index in [2.05, 4.69) is 31.9 Å². The van der Waals surface area contributed by atoms with Crippen LogP contribution < -0.4 is 37.6 Å². The normalized spacial score (nSPS) is 26.9. The summed E-state index contributed by atoms with van der Waals surface area (Å²) in [4.78, 5) is 61.9. The summed E-state index contributed by atoms with van der Waals surface area (Å²) in [5, 5.41) is 45.0. The minimum atomic E-state index is -1.35. The predicted molar refractivity (Wildman–Crippen MR) is 132 cm³/mol. The van der Waals surface area contributed by atoms with Gasteiger partial charge in [-0.2, -0.15) is 0 Å². The lowest BCUT2D eigenvalue weighted by molar-refractivity contribution is -0.133. The highest BCUT2D eigenvalue weighted by molar-refractivity contribution is 5.92. The van der Waals surface area contributed by atoms with Crippen LogP contribution in [0.15, 0.2) is 0 Å². The van der Waals surface area contributed by atoms with Gasteiger partial charge in [0.05, 0.1) is 31.4 Å². The molecule has 1 heterocycles. The van der Waals surface area contributed by atoms with Gasteiger partial charge in [0.1, 0.15) is 18.1 Å². The van der Waals surface area contributed by atoms with Crippen LogP contribution in [0, 0.1) is 0 Å². The monoisotopic (exact) mass is 531 g/mol. The third-order valence-electron chi connectivity index (χ3n) is 6.04. The van der Waals surface area contributed by atoms with Gasteiger partial charge in [0.15, 0.2) is 0 Å². The maximum absolute atomic E-state index is 12.9. The van der Waals surface area contributed by atoms with Crippen molar-refractivity contribution in [2.24, 2.45) is 5.73 Å². The van der Waals surface area contributed by atoms with Crippen LogP contribution in [0.5, 0.6) is 0 Å². The zero-order chi connectivity index (χ0) is 28.0. The molecule has 11 N–H and O–H groups in total. The molecule has 1 saturated heterocycles. The standard InChI is InChI=1S/C22H41N7O8/c1-12(32)15-9-26-17(11-31)22(37)27-14(21(36)29-16(10-30)19(23)34)5-3-4-8-25-18(33)7-6-13(24-2)20(35)28-15/h12-17,24,26,30-32H,3-11H2,1-2H3,(H2,23,34)(H,25,33)(H,27,37)(H,28,35)(H,29,36)/t12?,13-,14-,15+,16-,17-/m0/s1. The average Bonchev–Trinajstić information content (AvgIpc) is 2.85. The van der Waals surface area contributed by atoms with E-state index in [0.29, 0.717) is 19.4 Å². The van der Waals surface area contributed by atoms with E-state index in [0.717, 1.165) is 0 Å². The molecule has 1 rings (SSSR count). The van der Waals surface area contributed by atoms with Gasteiger partial charge in [-0.1, -0.05) is 0 Å². The maximum Gasteiger partial charge on any atom is 0.243 e. The number of primary amides is 1. The molecule has 0 radical (unpaired) electrons. The topological polar surface area (TPSA) is 244 Å². The molecular weight excluding hydrogens is 490 g/mol. The van der Waals surface area contributed by atoms with Crippen molar-refractivity contribution in [2.75, 3.05) is 33.4 Å². The van der Waals surface area contributed by atoms with Crippen LogP contribution >= 0.6 is 0 Å². The van der Waals surface area contributed by atoms with Crippen LogP contribution in [-0.4, -0.2) is 115 Å². The Morgan fingerprint density at radius 3 is 2.38 bits per heavy atom. The zero-order valence-corrected chi connectivity index (χ0v) is 21.3. The number of hydrogen-bond donors (Lipinski definition) is 10. The van der Waals surface area contributed by atoms with Crippen molar-refractivity contribution in [3.63, 3.8) is 0 Å². The van der Waals surface area contributed by atoms with Gasteiger partial charge in [-0.3, -0.25) is 24.0 Å². The molecule has 1 aliphatic rings. The number of amides is 5. The van der Waals surface area contributed by atoms with Gasteiger partial charge >= 0.3 is 0 Å². The summed E-state index contributed by atoms with van der Waals surface area (Å²) in [7, 11) is 1.58. The van der Waals surface area contributed by atoms with Crippen LogP contribution in [0.25, 0.3) is 0 Å². The Morgan fingerprint density at radius 1 is 1.11 bits per heavy atom. The van der Waals surface area contributed by atoms with Crippen molar-refractivity contribution in [3.8, 4) is 0 Å². The van der Waals surface area contributed by atoms with E-state index in [9.17, 15) is 39.3 Å². The summed E-state index contributed by atoms with van der Waals surface area (Å²) in [6.45, 7) is 0.278. The van der Waals surface area contributed by atoms with Crippen molar-refractivity contribution in [1.82, 2.24) is 31.9 Å². The second-order valence-corrected chi connectivity index (χ2v) is 8.93. The lowest BCUT2D eigenvalue weighted by Gasteiger charge is -2.28. The largest absolute Gasteiger partial charge is 0.394 e. The molecule has 5 amide bonds. The number of nitrogens with two attached hydrogens (primary N) is 1. The highest BCUT2D eigenvalue weighted by atomic mass is 16.3. The molecule has 0 aliphatic carbocycles. The van der Waals surface area contributed by atoms with Gasteiger partial charge in [0, 0.05) is 19.5 Å². The lowest BCUT2D eigenvalue weighted by Crippen LogP contribution is -2.59. The number of likely N-dealkylation sites (N-methyl/N-ethyl adjacent to an activating group) is 1. The summed E-state index contributed by atoms with van der Waals surface area (Å²) in [5.41, 5.74) is 5.16. The van der Waals surface area contributed by atoms with E-state index in [1.54, 1.807) is 7.05 Å². The van der Waals surface area contributed by atoms with Gasteiger partial charge in [-0.15, -0.1) is 0 Å². The van der Waals surface area contributed by atoms with Gasteiger partial charge in [0.25, 0.3) is 0 Å². The van der Waals surface area contributed by atoms with Crippen molar-refractivity contribution in [2.45, 2.75) is 75.3 Å². The zero-order valence-electron chi connectivity index (χ0n) is 21.3. The summed E-state index contributed by atoms with van der Waals surface area (Å²) < 4.78 is 0. The molecule has 0 saturated carbocycles. The number of hydrogen-bond acceptors (Lipinski definition) is 10. The molecule has 0 bridgehead atoms. The smallest absolute Gasteiger partial charge is 0.243 e. The van der Waals surface area contributed by atoms with Crippen molar-refractivity contribution in [3.05, 3.63) is 0 Å². The number of carbonyl (C=O) groups excluding carboxylic acids is 5. The number of aliphatic hydroxyl groups excluding tert-OH is 3. The lowest BCUT2D eigenvalue weighted by atomic mass is 10.1. The molecule has 0 aromatic rings. The minimum Gasteiger partial charge on any atom is -0.394 e. The van der Waals surface area contributed by atoms with Gasteiger partial charge in [-0.05, 0) is 39.7 Å². The second kappa shape index (κ2) is 16.8. The third-order valence-corrected chi connectivity index (χ3v) is 6.04. The number of aliphatic hydroxyl groups is 3. The molecule has 212 valence electrons. The molecular formula is C22H41N7O8. The highest BCUT2D eigenvalue weighted by Gasteiger charge is 2.29. The quantitative estimate of drug-likeness (QED) is 0.150. The van der Waals surface area contributed by atoms with Crippen molar-refractivity contribution < 1.29 is 39.3 Å². The maximum atomic E-state index is 12.9. The fourth-order valence-corrected chi connectivity index (χ4v) is 3.63. The van der Waals surface area contributed by atoms with E-state index < -0.39 is 73.2 Å². The first-order valence-electron chi connectivity index (χ1n) is 12.3. The van der Waals surface area contributed by atoms with E-state index in [4.69, 9.17) is 5.73 Å². The van der Waals surface area contributed by atoms with Crippen LogP contribution in [0.2, 0.25) is 0 Å². The van der Waals surface area contributed by atoms with E-state index in [1.807, 2.05) is 0 Å². The molecule has 15 heteroatoms. The molecule has 0 aromatic heterocycles. The summed E-state index contributed by atoms with van der Waals surface area (Å²) >= 11 is 0. The van der Waals surface area contributed by atoms with E-state index in [-0.39, 0.29) is 31.7 Å². The third kappa shape index (κ3) is 11.4. The van der Waals surface area contributed by atoms with Crippen LogP contribution in [0.3, 0.4) is 0 Å². The molecule has 1 unspecified atom stereocenters. The van der Waals surface area contributed by atoms with Crippen LogP contribution in [0.1, 0.15) is 39.0 Å². The van der Waals surface area contributed by atoms with Crippen molar-refractivity contribution >= 4 is 29.5 Å². The highest BCUT2D eigenvalue weighted by Crippen LogP contribution is 2.05. The Labute approximate surface area is 215 Å². The van der Waals surface area contributed by atoms with E-state index in [1.165, 1.54) is 6.92 Å². The predicted octanol–water partition coefficient (Wildman–Crippen LogP) is -5.08. The first kappa shape index (κ1) is 32.2. The Hall–Kier alpha value is -2.85. The molecule has 6 atom stereocenters. The Kier molecular flexibility index (Phi) is 14.6. The van der Waals surface area contributed by atoms with Crippen LogP contribution in [-0.2, 0) is 24.0 Å². The average molecular weight is 532 g/mol. The fraction of sp³-hybridized carbons (Fsp3) is 0.773. The number of carbonyl (C=O) groups is 5. The first-order valence-corrected chi connectivity index (χ1v) is 12.3. The minimum absolute atomic E-state index is 0.0832. The molecule has 1 fully saturated rings. The number of nitrogens with one attached hydrogen (secondary N) is 6. The molecule has 0 aromatic carbocycles. The molecule has 37 heavy (non-hydrogen) atoms. The summed E-state index contributed by atoms with van der Waals surface area (Å²) in [6.07, 6.45) is 0.286. The first-order chi connectivity index (χ1) is 17.5. The summed E-state index contributed by atoms with van der Waals surface area (Å²) in [5.74, 6) is -3.15. The Balaban J connectivity index is 3.08. The molecule has 1 aliphatic heterocycles. The van der Waals surface area contributed by atoms with Gasteiger partial charge in [-0.25, -0.2) is 0 Å². The molecule has 0 spiro atoms. The fourth-order valence-electron chi connectivity index (χ4n) is 3.63. The number of rotatable bonds is 7. The second-order valence-electron chi connectivity index (χ2n) is 8.93. The summed E-state index contributed by atoms with van der Waals surface area (Å²) in [6, 6.07) is -5.19. The Bertz CT molecular complexity index is 782. The van der Waals surface area contributed by atoms with Crippen LogP contribution in [0.4, 0.5) is 0 Å².